The van der Waals surface area contributed by atoms with Gasteiger partial charge >= 0.3 is 12.1 Å². The van der Waals surface area contributed by atoms with E-state index >= 15 is 0 Å². The summed E-state index contributed by atoms with van der Waals surface area (Å²) in [5.41, 5.74) is 0.496. The highest BCUT2D eigenvalue weighted by Gasteiger charge is 2.25. The van der Waals surface area contributed by atoms with Crippen LogP contribution in [-0.4, -0.2) is 40.7 Å². The molecule has 4 amide bonds. The maximum Gasteiger partial charge on any atom is 0.447 e. The van der Waals surface area contributed by atoms with Crippen molar-refractivity contribution in [3.05, 3.63) is 64.1 Å². The van der Waals surface area contributed by atoms with Crippen LogP contribution in [0.1, 0.15) is 17.3 Å². The fourth-order valence-corrected chi connectivity index (χ4v) is 3.13. The van der Waals surface area contributed by atoms with Crippen LogP contribution in [-0.2, 0) is 4.84 Å². The summed E-state index contributed by atoms with van der Waals surface area (Å²) in [4.78, 5) is 42.4. The minimum Gasteiger partial charge on any atom is -0.296 e. The molecule has 12 heteroatoms. The third kappa shape index (κ3) is 7.35. The van der Waals surface area contributed by atoms with Crippen LogP contribution >= 0.6 is 47.1 Å². The Morgan fingerprint density at radius 1 is 1.06 bits per heavy atom. The van der Waals surface area contributed by atoms with E-state index in [1.54, 1.807) is 49.6 Å². The van der Waals surface area contributed by atoms with Gasteiger partial charge in [-0.25, -0.2) is 18.2 Å². The number of anilines is 1. The molecule has 0 fully saturated rings. The molecule has 2 aromatic rings. The Kier molecular flexibility index (Phi) is 9.50. The Labute approximate surface area is 198 Å². The van der Waals surface area contributed by atoms with Crippen molar-refractivity contribution >= 4 is 75.9 Å². The van der Waals surface area contributed by atoms with Crippen LogP contribution in [0.4, 0.5) is 15.3 Å². The number of rotatable bonds is 5. The van der Waals surface area contributed by atoms with E-state index in [2.05, 4.69) is 10.5 Å². The Balaban J connectivity index is 2.21. The fourth-order valence-electron chi connectivity index (χ4n) is 1.99. The van der Waals surface area contributed by atoms with Crippen molar-refractivity contribution in [2.45, 2.75) is 6.92 Å². The quantitative estimate of drug-likeness (QED) is 0.186. The van der Waals surface area contributed by atoms with E-state index in [4.69, 9.17) is 28.0 Å². The van der Waals surface area contributed by atoms with Crippen molar-refractivity contribution in [3.63, 3.8) is 0 Å². The number of imide groups is 1. The van der Waals surface area contributed by atoms with Gasteiger partial charge in [0.15, 0.2) is 0 Å². The van der Waals surface area contributed by atoms with Gasteiger partial charge < -0.3 is 0 Å². The molecule has 1 N–H and O–H groups in total. The molecular formula is C19H18Cl2N4O4S2. The van der Waals surface area contributed by atoms with E-state index in [0.29, 0.717) is 27.9 Å². The lowest BCUT2D eigenvalue weighted by Gasteiger charge is -2.25. The van der Waals surface area contributed by atoms with Crippen LogP contribution < -0.4 is 9.62 Å². The highest BCUT2D eigenvalue weighted by molar-refractivity contribution is 8.13. The molecule has 0 saturated heterocycles. The number of hydrogen-bond donors (Lipinski definition) is 1. The third-order valence-corrected chi connectivity index (χ3v) is 5.77. The maximum atomic E-state index is 12.9. The van der Waals surface area contributed by atoms with Crippen LogP contribution in [0, 0.1) is 0 Å². The summed E-state index contributed by atoms with van der Waals surface area (Å²) in [6, 6.07) is 11.8. The lowest BCUT2D eigenvalue weighted by atomic mass is 10.2. The normalized spacial score (nSPS) is 10.9. The van der Waals surface area contributed by atoms with Crippen LogP contribution in [0.3, 0.4) is 0 Å². The van der Waals surface area contributed by atoms with E-state index in [-0.39, 0.29) is 10.6 Å². The van der Waals surface area contributed by atoms with Crippen LogP contribution in [0.2, 0.25) is 10.0 Å². The van der Waals surface area contributed by atoms with Gasteiger partial charge in [0, 0.05) is 12.1 Å². The van der Waals surface area contributed by atoms with Gasteiger partial charge in [-0.2, -0.15) is 0 Å². The van der Waals surface area contributed by atoms with Crippen LogP contribution in [0.15, 0.2) is 53.7 Å². The Morgan fingerprint density at radius 3 is 2.32 bits per heavy atom. The molecule has 0 saturated carbocycles. The SMILES string of the molecule is CS/C(C)=N/OC(=O)N(C)SN(C(=O)NC(=O)c1ccccc1Cl)c1ccc(Cl)cc1. The summed E-state index contributed by atoms with van der Waals surface area (Å²) < 4.78 is 2.14. The van der Waals surface area contributed by atoms with E-state index < -0.39 is 18.0 Å². The molecule has 0 aliphatic heterocycles. The molecule has 2 rings (SSSR count). The molecule has 8 nitrogen and oxygen atoms in total. The first-order valence-corrected chi connectivity index (χ1v) is 11.3. The van der Waals surface area contributed by atoms with Crippen molar-refractivity contribution in [3.8, 4) is 0 Å². The molecule has 0 aliphatic rings. The number of nitrogens with one attached hydrogen (secondary N) is 1. The minimum absolute atomic E-state index is 0.133. The second-order valence-electron chi connectivity index (χ2n) is 5.76. The second kappa shape index (κ2) is 11.8. The lowest BCUT2D eigenvalue weighted by molar-refractivity contribution is 0.0966. The number of carbonyl (C=O) groups excluding carboxylic acids is 3. The highest BCUT2D eigenvalue weighted by atomic mass is 35.5. The molecule has 0 heterocycles. The van der Waals surface area contributed by atoms with Crippen LogP contribution in [0.25, 0.3) is 0 Å². The molecule has 0 aliphatic carbocycles. The lowest BCUT2D eigenvalue weighted by Crippen LogP contribution is -2.41. The number of halogens is 2. The number of urea groups is 1. The summed E-state index contributed by atoms with van der Waals surface area (Å²) in [6.07, 6.45) is 0.968. The number of oxime groups is 1. The summed E-state index contributed by atoms with van der Waals surface area (Å²) in [6.45, 7) is 1.68. The molecule has 0 unspecified atom stereocenters. The molecular weight excluding hydrogens is 483 g/mol. The predicted octanol–water partition coefficient (Wildman–Crippen LogP) is 5.68. The topological polar surface area (TPSA) is 91.3 Å². The third-order valence-electron chi connectivity index (χ3n) is 3.59. The molecule has 164 valence electrons. The number of hydrogen-bond acceptors (Lipinski definition) is 7. The monoisotopic (exact) mass is 500 g/mol. The largest absolute Gasteiger partial charge is 0.447 e. The van der Waals surface area contributed by atoms with E-state index in [1.165, 1.54) is 30.9 Å². The Bertz CT molecular complexity index is 989. The minimum atomic E-state index is -0.817. The van der Waals surface area contributed by atoms with Gasteiger partial charge in [-0.1, -0.05) is 40.5 Å². The number of benzene rings is 2. The summed E-state index contributed by atoms with van der Waals surface area (Å²) >= 11 is 14.0. The first-order valence-electron chi connectivity index (χ1n) is 8.59. The van der Waals surface area contributed by atoms with Gasteiger partial charge in [0.25, 0.3) is 5.91 Å². The Hall–Kier alpha value is -2.40. The van der Waals surface area contributed by atoms with Gasteiger partial charge in [-0.15, -0.1) is 11.8 Å². The number of thioether (sulfide) groups is 1. The maximum absolute atomic E-state index is 12.9. The Morgan fingerprint density at radius 2 is 1.71 bits per heavy atom. The first kappa shape index (κ1) is 24.9. The standard InChI is InChI=1S/C19H18Cl2N4O4S2/c1-12(30-3)23-29-19(28)24(2)31-25(14-10-8-13(20)9-11-14)18(27)22-17(26)15-6-4-5-7-16(15)21/h4-11H,1-3H3,(H,22,26,27)/b23-12+. The van der Waals surface area contributed by atoms with Gasteiger partial charge in [0.05, 0.1) is 28.4 Å². The van der Waals surface area contributed by atoms with E-state index in [1.807, 2.05) is 0 Å². The van der Waals surface area contributed by atoms with Crippen molar-refractivity contribution in [1.82, 2.24) is 9.62 Å². The van der Waals surface area contributed by atoms with Crippen molar-refractivity contribution in [2.75, 3.05) is 17.6 Å². The summed E-state index contributed by atoms with van der Waals surface area (Å²) in [7, 11) is 1.39. The highest BCUT2D eigenvalue weighted by Crippen LogP contribution is 2.27. The molecule has 0 atom stereocenters. The average molecular weight is 501 g/mol. The molecule has 0 radical (unpaired) electrons. The molecule has 0 bridgehead atoms. The van der Waals surface area contributed by atoms with Gasteiger partial charge in [0.2, 0.25) is 0 Å². The van der Waals surface area contributed by atoms with E-state index in [9.17, 15) is 14.4 Å². The zero-order valence-corrected chi connectivity index (χ0v) is 19.8. The number of nitrogens with zero attached hydrogens (tertiary/aromatic N) is 3. The average Bonchev–Trinajstić information content (AvgIpc) is 2.76. The summed E-state index contributed by atoms with van der Waals surface area (Å²) in [5.74, 6) is -0.694. The van der Waals surface area contributed by atoms with Gasteiger partial charge in [-0.3, -0.25) is 14.9 Å². The van der Waals surface area contributed by atoms with E-state index in [0.717, 1.165) is 8.61 Å². The summed E-state index contributed by atoms with van der Waals surface area (Å²) in [5, 5.41) is 7.12. The van der Waals surface area contributed by atoms with Crippen molar-refractivity contribution in [2.24, 2.45) is 5.16 Å². The molecule has 31 heavy (non-hydrogen) atoms. The zero-order chi connectivity index (χ0) is 23.0. The first-order chi connectivity index (χ1) is 14.7. The fraction of sp³-hybridized carbons (Fsp3) is 0.158. The number of amides is 4. The van der Waals surface area contributed by atoms with Crippen molar-refractivity contribution < 1.29 is 19.2 Å². The van der Waals surface area contributed by atoms with Crippen molar-refractivity contribution in [1.29, 1.82) is 0 Å². The zero-order valence-electron chi connectivity index (χ0n) is 16.7. The number of carbonyl (C=O) groups is 3. The smallest absolute Gasteiger partial charge is 0.296 e. The van der Waals surface area contributed by atoms with Gasteiger partial charge in [0.1, 0.15) is 5.04 Å². The van der Waals surface area contributed by atoms with Crippen LogP contribution in [0.5, 0.6) is 0 Å². The second-order valence-corrected chi connectivity index (χ2v) is 8.68. The van der Waals surface area contributed by atoms with Gasteiger partial charge in [-0.05, 0) is 49.6 Å². The molecule has 2 aromatic carbocycles. The predicted molar refractivity (Wildman–Crippen MR) is 127 cm³/mol. The molecule has 0 spiro atoms. The molecule has 0 aromatic heterocycles.